The molecule has 1 aromatic rings. The molecule has 0 atom stereocenters. The van der Waals surface area contributed by atoms with Gasteiger partial charge in [0.15, 0.2) is 0 Å². The Balaban J connectivity index is 2.23. The molecule has 1 saturated carbocycles. The third kappa shape index (κ3) is 1.03. The van der Waals surface area contributed by atoms with Gasteiger partial charge in [-0.25, -0.2) is 0 Å². The molecule has 1 aromatic heterocycles. The van der Waals surface area contributed by atoms with Crippen LogP contribution in [-0.4, -0.2) is 4.98 Å². The molecule has 0 spiro atoms. The maximum Gasteiger partial charge on any atom is 0.0484 e. The summed E-state index contributed by atoms with van der Waals surface area (Å²) in [4.78, 5) is 4.48. The molecule has 68 valence electrons. The van der Waals surface area contributed by atoms with Crippen LogP contribution in [0.3, 0.4) is 0 Å². The van der Waals surface area contributed by atoms with Gasteiger partial charge in [-0.05, 0) is 43.2 Å². The van der Waals surface area contributed by atoms with Crippen LogP contribution in [-0.2, 0) is 0 Å². The molecule has 2 bridgehead atoms. The molecule has 13 heavy (non-hydrogen) atoms. The summed E-state index contributed by atoms with van der Waals surface area (Å²) in [5.41, 5.74) is 2.67. The summed E-state index contributed by atoms with van der Waals surface area (Å²) in [6.45, 7) is 0. The van der Waals surface area contributed by atoms with Gasteiger partial charge in [-0.1, -0.05) is 11.6 Å². The highest BCUT2D eigenvalue weighted by atomic mass is 35.5. The summed E-state index contributed by atoms with van der Waals surface area (Å²) in [6, 6.07) is 1.93. The number of hydrogen-bond acceptors (Lipinski definition) is 1. The summed E-state index contributed by atoms with van der Waals surface area (Å²) in [6.07, 6.45) is 7.14. The lowest BCUT2D eigenvalue weighted by Gasteiger charge is -2.37. The van der Waals surface area contributed by atoms with Crippen LogP contribution in [0.15, 0.2) is 12.3 Å². The van der Waals surface area contributed by atoms with E-state index in [-0.39, 0.29) is 0 Å². The first-order valence-corrected chi connectivity index (χ1v) is 5.38. The number of fused-ring (bicyclic) bond motifs is 2. The molecule has 1 nitrogen and oxygen atoms in total. The lowest BCUT2D eigenvalue weighted by Crippen LogP contribution is -2.23. The summed E-state index contributed by atoms with van der Waals surface area (Å²) in [5, 5.41) is 0.944. The molecule has 0 radical (unpaired) electrons. The largest absolute Gasteiger partial charge is 0.261 e. The average Bonchev–Trinajstić information content (AvgIpc) is 2.20. The van der Waals surface area contributed by atoms with Crippen molar-refractivity contribution in [2.45, 2.75) is 37.5 Å². The van der Waals surface area contributed by atoms with Crippen molar-refractivity contribution in [3.05, 3.63) is 28.5 Å². The van der Waals surface area contributed by atoms with Crippen LogP contribution < -0.4 is 0 Å². The van der Waals surface area contributed by atoms with Crippen molar-refractivity contribution in [3.63, 3.8) is 0 Å². The monoisotopic (exact) mass is 193 g/mol. The van der Waals surface area contributed by atoms with Gasteiger partial charge >= 0.3 is 0 Å². The summed E-state index contributed by atoms with van der Waals surface area (Å²) >= 11 is 6.20. The highest BCUT2D eigenvalue weighted by Crippen LogP contribution is 2.50. The number of aromatic nitrogens is 1. The smallest absolute Gasteiger partial charge is 0.0484 e. The maximum atomic E-state index is 6.20. The van der Waals surface area contributed by atoms with Crippen LogP contribution in [0.25, 0.3) is 0 Å². The van der Waals surface area contributed by atoms with Gasteiger partial charge in [0.05, 0.1) is 0 Å². The third-order valence-electron chi connectivity index (χ3n) is 3.49. The average molecular weight is 194 g/mol. The molecule has 4 rings (SSSR count). The number of pyridine rings is 1. The van der Waals surface area contributed by atoms with Gasteiger partial charge in [-0.2, -0.15) is 0 Å². The number of halogens is 1. The summed E-state index contributed by atoms with van der Waals surface area (Å²) in [5.74, 6) is 1.42. The van der Waals surface area contributed by atoms with Crippen molar-refractivity contribution in [1.82, 2.24) is 4.98 Å². The molecule has 3 aliphatic rings. The van der Waals surface area contributed by atoms with E-state index in [1.54, 1.807) is 0 Å². The van der Waals surface area contributed by atoms with Gasteiger partial charge in [0.25, 0.3) is 0 Å². The standard InChI is InChI=1S/C11H12ClN/c12-9-5-6-13-11-8-3-1-7(2-4-8)10(9)11/h5-8H,1-4H2. The normalized spacial score (nSPS) is 30.2. The summed E-state index contributed by atoms with van der Waals surface area (Å²) in [7, 11) is 0. The highest BCUT2D eigenvalue weighted by molar-refractivity contribution is 6.31. The Morgan fingerprint density at radius 3 is 2.54 bits per heavy atom. The fourth-order valence-corrected chi connectivity index (χ4v) is 3.16. The van der Waals surface area contributed by atoms with Crippen LogP contribution >= 0.6 is 11.6 Å². The van der Waals surface area contributed by atoms with E-state index >= 15 is 0 Å². The lowest BCUT2D eigenvalue weighted by atomic mass is 9.69. The first kappa shape index (κ1) is 7.81. The molecule has 0 saturated heterocycles. The fourth-order valence-electron chi connectivity index (χ4n) is 2.85. The maximum absolute atomic E-state index is 6.20. The molecule has 0 N–H and O–H groups in total. The Labute approximate surface area is 83.1 Å². The molecule has 3 aliphatic carbocycles. The SMILES string of the molecule is Clc1ccnc2c1C1CCC2CC1. The minimum atomic E-state index is 0.707. The molecular formula is C11H12ClN. The van der Waals surface area contributed by atoms with E-state index in [1.807, 2.05) is 12.3 Å². The van der Waals surface area contributed by atoms with Gasteiger partial charge in [0.1, 0.15) is 0 Å². The van der Waals surface area contributed by atoms with Gasteiger partial charge in [-0.15, -0.1) is 0 Å². The minimum Gasteiger partial charge on any atom is -0.261 e. The zero-order valence-corrected chi connectivity index (χ0v) is 8.22. The van der Waals surface area contributed by atoms with Crippen molar-refractivity contribution in [3.8, 4) is 0 Å². The van der Waals surface area contributed by atoms with Crippen molar-refractivity contribution < 1.29 is 0 Å². The highest BCUT2D eigenvalue weighted by Gasteiger charge is 2.35. The quantitative estimate of drug-likeness (QED) is 0.615. The van der Waals surface area contributed by atoms with Crippen LogP contribution in [0.4, 0.5) is 0 Å². The lowest BCUT2D eigenvalue weighted by molar-refractivity contribution is 0.351. The van der Waals surface area contributed by atoms with Gasteiger partial charge in [-0.3, -0.25) is 4.98 Å². The molecule has 2 heteroatoms. The molecular weight excluding hydrogens is 182 g/mol. The minimum absolute atomic E-state index is 0.707. The molecule has 0 aromatic carbocycles. The molecule has 0 aliphatic heterocycles. The van der Waals surface area contributed by atoms with Crippen molar-refractivity contribution in [2.24, 2.45) is 0 Å². The van der Waals surface area contributed by atoms with Crippen LogP contribution in [0, 0.1) is 0 Å². The second kappa shape index (κ2) is 2.71. The van der Waals surface area contributed by atoms with E-state index in [1.165, 1.54) is 36.9 Å². The van der Waals surface area contributed by atoms with E-state index in [0.717, 1.165) is 5.02 Å². The summed E-state index contributed by atoms with van der Waals surface area (Å²) < 4.78 is 0. The Morgan fingerprint density at radius 2 is 1.85 bits per heavy atom. The van der Waals surface area contributed by atoms with E-state index in [2.05, 4.69) is 4.98 Å². The van der Waals surface area contributed by atoms with E-state index in [0.29, 0.717) is 11.8 Å². The predicted octanol–water partition coefficient (Wildman–Crippen LogP) is 3.49. The topological polar surface area (TPSA) is 12.9 Å². The van der Waals surface area contributed by atoms with Gasteiger partial charge < -0.3 is 0 Å². The first-order valence-electron chi connectivity index (χ1n) is 5.00. The third-order valence-corrected chi connectivity index (χ3v) is 3.82. The number of rotatable bonds is 0. The molecule has 1 heterocycles. The van der Waals surface area contributed by atoms with Crippen LogP contribution in [0.2, 0.25) is 5.02 Å². The predicted molar refractivity (Wildman–Crippen MR) is 53.2 cm³/mol. The molecule has 1 fully saturated rings. The van der Waals surface area contributed by atoms with Gasteiger partial charge in [0.2, 0.25) is 0 Å². The number of nitrogens with zero attached hydrogens (tertiary/aromatic N) is 1. The van der Waals surface area contributed by atoms with Gasteiger partial charge in [0, 0.05) is 22.8 Å². The van der Waals surface area contributed by atoms with E-state index in [9.17, 15) is 0 Å². The molecule has 0 unspecified atom stereocenters. The Kier molecular flexibility index (Phi) is 1.63. The Hall–Kier alpha value is -0.560. The zero-order valence-electron chi connectivity index (χ0n) is 7.46. The first-order chi connectivity index (χ1) is 6.36. The number of hydrogen-bond donors (Lipinski definition) is 0. The van der Waals surface area contributed by atoms with Crippen molar-refractivity contribution in [1.29, 1.82) is 0 Å². The van der Waals surface area contributed by atoms with Crippen LogP contribution in [0.1, 0.15) is 48.8 Å². The fraction of sp³-hybridized carbons (Fsp3) is 0.545. The Morgan fingerprint density at radius 1 is 1.15 bits per heavy atom. The van der Waals surface area contributed by atoms with Crippen molar-refractivity contribution >= 4 is 11.6 Å². The Bertz CT molecular complexity index is 340. The second-order valence-corrected chi connectivity index (χ2v) is 4.55. The van der Waals surface area contributed by atoms with E-state index < -0.39 is 0 Å². The van der Waals surface area contributed by atoms with Crippen LogP contribution in [0.5, 0.6) is 0 Å². The van der Waals surface area contributed by atoms with E-state index in [4.69, 9.17) is 11.6 Å². The van der Waals surface area contributed by atoms with Crippen molar-refractivity contribution in [2.75, 3.05) is 0 Å². The zero-order chi connectivity index (χ0) is 8.84. The molecule has 0 amide bonds. The second-order valence-electron chi connectivity index (χ2n) is 4.14.